The van der Waals surface area contributed by atoms with E-state index in [4.69, 9.17) is 9.26 Å². The Hall–Kier alpha value is -1.40. The van der Waals surface area contributed by atoms with Crippen molar-refractivity contribution >= 4 is 5.91 Å². The Balaban J connectivity index is 1.71. The predicted octanol–water partition coefficient (Wildman–Crippen LogP) is 1.62. The molecule has 3 heterocycles. The second-order valence-electron chi connectivity index (χ2n) is 6.77. The Morgan fingerprint density at radius 1 is 1.57 bits per heavy atom. The number of nitrogens with one attached hydrogen (secondary N) is 2. The lowest BCUT2D eigenvalue weighted by molar-refractivity contribution is -0.132. The van der Waals surface area contributed by atoms with E-state index in [1.165, 1.54) is 0 Å². The summed E-state index contributed by atoms with van der Waals surface area (Å²) in [5, 5.41) is 10.6. The van der Waals surface area contributed by atoms with Gasteiger partial charge in [0.2, 0.25) is 5.91 Å². The molecule has 2 atom stereocenters. The number of rotatable bonds is 6. The quantitative estimate of drug-likeness (QED) is 0.832. The van der Waals surface area contributed by atoms with Crippen molar-refractivity contribution in [2.75, 3.05) is 32.8 Å². The molecule has 2 aliphatic heterocycles. The summed E-state index contributed by atoms with van der Waals surface area (Å²) < 4.78 is 11.0. The first kappa shape index (κ1) is 16.5. The summed E-state index contributed by atoms with van der Waals surface area (Å²) in [5.74, 6) is 1.28. The Kier molecular flexibility index (Phi) is 5.33. The van der Waals surface area contributed by atoms with Gasteiger partial charge in [-0.25, -0.2) is 0 Å². The lowest BCUT2D eigenvalue weighted by Gasteiger charge is -2.35. The molecule has 0 aromatic carbocycles. The van der Waals surface area contributed by atoms with E-state index >= 15 is 0 Å². The van der Waals surface area contributed by atoms with Crippen LogP contribution in [0.5, 0.6) is 0 Å². The van der Waals surface area contributed by atoms with Crippen molar-refractivity contribution in [2.24, 2.45) is 5.41 Å². The lowest BCUT2D eigenvalue weighted by atomic mass is 9.76. The predicted molar refractivity (Wildman–Crippen MR) is 86.2 cm³/mol. The zero-order valence-corrected chi connectivity index (χ0v) is 13.9. The fraction of sp³-hybridized carbons (Fsp3) is 0.765. The normalized spacial score (nSPS) is 28.0. The third kappa shape index (κ3) is 3.75. The molecule has 1 aromatic heterocycles. The second-order valence-corrected chi connectivity index (χ2v) is 6.77. The molecule has 2 N–H and O–H groups in total. The molecule has 1 aromatic rings. The molecule has 6 heteroatoms. The number of nitrogens with zero attached hydrogens (tertiary/aromatic N) is 1. The van der Waals surface area contributed by atoms with Gasteiger partial charge in [0, 0.05) is 38.1 Å². The van der Waals surface area contributed by atoms with E-state index in [1.54, 1.807) is 0 Å². The minimum Gasteiger partial charge on any atom is -0.381 e. The number of ether oxygens (including phenoxy) is 1. The molecule has 6 nitrogen and oxygen atoms in total. The average Bonchev–Trinajstić information content (AvgIpc) is 3.24. The molecule has 0 aliphatic carbocycles. The van der Waals surface area contributed by atoms with Crippen LogP contribution in [0.15, 0.2) is 10.6 Å². The van der Waals surface area contributed by atoms with Crippen LogP contribution < -0.4 is 10.6 Å². The largest absolute Gasteiger partial charge is 0.381 e. The Morgan fingerprint density at radius 3 is 3.17 bits per heavy atom. The zero-order chi connectivity index (χ0) is 16.1. The van der Waals surface area contributed by atoms with Gasteiger partial charge >= 0.3 is 0 Å². The highest BCUT2D eigenvalue weighted by atomic mass is 16.5. The van der Waals surface area contributed by atoms with Crippen molar-refractivity contribution in [1.82, 2.24) is 15.8 Å². The number of amides is 1. The summed E-state index contributed by atoms with van der Waals surface area (Å²) in [7, 11) is 0. The van der Waals surface area contributed by atoms with Crippen molar-refractivity contribution in [1.29, 1.82) is 0 Å². The van der Waals surface area contributed by atoms with Crippen LogP contribution in [0.4, 0.5) is 0 Å². The fourth-order valence-electron chi connectivity index (χ4n) is 3.52. The Bertz CT molecular complexity index is 517. The molecule has 2 aliphatic rings. The van der Waals surface area contributed by atoms with Crippen LogP contribution in [0, 0.1) is 5.41 Å². The molecule has 1 amide bonds. The van der Waals surface area contributed by atoms with E-state index in [9.17, 15) is 4.79 Å². The summed E-state index contributed by atoms with van der Waals surface area (Å²) in [4.78, 5) is 12.7. The van der Waals surface area contributed by atoms with Gasteiger partial charge in [0.1, 0.15) is 5.76 Å². The van der Waals surface area contributed by atoms with Gasteiger partial charge < -0.3 is 19.9 Å². The highest BCUT2D eigenvalue weighted by Gasteiger charge is 2.40. The van der Waals surface area contributed by atoms with Crippen LogP contribution in [0.3, 0.4) is 0 Å². The van der Waals surface area contributed by atoms with Crippen molar-refractivity contribution < 1.29 is 14.1 Å². The van der Waals surface area contributed by atoms with Gasteiger partial charge in [-0.1, -0.05) is 12.1 Å². The van der Waals surface area contributed by atoms with Gasteiger partial charge in [0.05, 0.1) is 17.7 Å². The number of carbonyl (C=O) groups excluding carboxylic acids is 1. The van der Waals surface area contributed by atoms with E-state index < -0.39 is 5.41 Å². The summed E-state index contributed by atoms with van der Waals surface area (Å²) in [5.41, 5.74) is 0.543. The van der Waals surface area contributed by atoms with E-state index in [0.29, 0.717) is 18.9 Å². The van der Waals surface area contributed by atoms with Crippen molar-refractivity contribution in [3.05, 3.63) is 17.5 Å². The zero-order valence-electron chi connectivity index (χ0n) is 13.9. The van der Waals surface area contributed by atoms with Crippen molar-refractivity contribution in [3.8, 4) is 0 Å². The van der Waals surface area contributed by atoms with Crippen LogP contribution in [0.25, 0.3) is 0 Å². The van der Waals surface area contributed by atoms with Gasteiger partial charge in [-0.3, -0.25) is 4.79 Å². The third-order valence-electron chi connectivity index (χ3n) is 4.93. The minimum atomic E-state index is -0.420. The standard InChI is InChI=1S/C17H27N3O3/c1-2-6-19-16(21)17(5-3-7-18-12-17)10-14-9-15(20-23-14)13-4-8-22-11-13/h9,13,18H,2-8,10-12H2,1H3,(H,19,21). The van der Waals surface area contributed by atoms with Gasteiger partial charge in [-0.15, -0.1) is 0 Å². The topological polar surface area (TPSA) is 76.4 Å². The van der Waals surface area contributed by atoms with Crippen LogP contribution in [0.1, 0.15) is 50.0 Å². The summed E-state index contributed by atoms with van der Waals surface area (Å²) in [6.07, 6.45) is 4.45. The van der Waals surface area contributed by atoms with Gasteiger partial charge in [-0.05, 0) is 32.2 Å². The van der Waals surface area contributed by atoms with Crippen LogP contribution in [-0.4, -0.2) is 43.9 Å². The van der Waals surface area contributed by atoms with Crippen LogP contribution in [0.2, 0.25) is 0 Å². The van der Waals surface area contributed by atoms with Crippen LogP contribution >= 0.6 is 0 Å². The maximum absolute atomic E-state index is 12.7. The molecule has 0 spiro atoms. The summed E-state index contributed by atoms with van der Waals surface area (Å²) >= 11 is 0. The molecular formula is C17H27N3O3. The average molecular weight is 321 g/mol. The van der Waals surface area contributed by atoms with E-state index in [0.717, 1.165) is 63.4 Å². The highest BCUT2D eigenvalue weighted by Crippen LogP contribution is 2.33. The van der Waals surface area contributed by atoms with E-state index in [-0.39, 0.29) is 5.91 Å². The van der Waals surface area contributed by atoms with E-state index in [2.05, 4.69) is 22.7 Å². The summed E-state index contributed by atoms with van der Waals surface area (Å²) in [6.45, 7) is 5.98. The Morgan fingerprint density at radius 2 is 2.48 bits per heavy atom. The van der Waals surface area contributed by atoms with Crippen molar-refractivity contribution in [3.63, 3.8) is 0 Å². The number of carbonyl (C=O) groups is 1. The molecule has 0 bridgehead atoms. The molecule has 128 valence electrons. The molecular weight excluding hydrogens is 294 g/mol. The molecule has 2 fully saturated rings. The molecule has 2 saturated heterocycles. The number of piperidine rings is 1. The third-order valence-corrected chi connectivity index (χ3v) is 4.93. The molecule has 3 rings (SSSR count). The monoisotopic (exact) mass is 321 g/mol. The first-order valence-electron chi connectivity index (χ1n) is 8.76. The number of aromatic nitrogens is 1. The fourth-order valence-corrected chi connectivity index (χ4v) is 3.52. The smallest absolute Gasteiger partial charge is 0.227 e. The highest BCUT2D eigenvalue weighted by molar-refractivity contribution is 5.83. The van der Waals surface area contributed by atoms with Gasteiger partial charge in [0.25, 0.3) is 0 Å². The van der Waals surface area contributed by atoms with Crippen LogP contribution in [-0.2, 0) is 16.0 Å². The van der Waals surface area contributed by atoms with Gasteiger partial charge in [-0.2, -0.15) is 0 Å². The first-order valence-corrected chi connectivity index (χ1v) is 8.76. The molecule has 0 saturated carbocycles. The second kappa shape index (κ2) is 7.45. The number of hydrogen-bond acceptors (Lipinski definition) is 5. The van der Waals surface area contributed by atoms with Gasteiger partial charge in [0.15, 0.2) is 0 Å². The maximum Gasteiger partial charge on any atom is 0.227 e. The minimum absolute atomic E-state index is 0.133. The van der Waals surface area contributed by atoms with Crippen molar-refractivity contribution in [2.45, 2.75) is 44.9 Å². The molecule has 0 radical (unpaired) electrons. The number of hydrogen-bond donors (Lipinski definition) is 2. The Labute approximate surface area is 137 Å². The molecule has 23 heavy (non-hydrogen) atoms. The SMILES string of the molecule is CCCNC(=O)C1(Cc2cc(C3CCOC3)no2)CCCNC1. The molecule has 2 unspecified atom stereocenters. The lowest BCUT2D eigenvalue weighted by Crippen LogP contribution is -2.51. The van der Waals surface area contributed by atoms with E-state index in [1.807, 2.05) is 6.07 Å². The maximum atomic E-state index is 12.7. The summed E-state index contributed by atoms with van der Waals surface area (Å²) in [6, 6.07) is 2.02. The first-order chi connectivity index (χ1) is 11.2.